The first-order valence-electron chi connectivity index (χ1n) is 9.95. The van der Waals surface area contributed by atoms with E-state index in [0.29, 0.717) is 44.2 Å². The number of nitrogens with zero attached hydrogens (tertiary/aromatic N) is 2. The maximum absolute atomic E-state index is 13.2. The molecule has 1 saturated heterocycles. The highest BCUT2D eigenvalue weighted by Crippen LogP contribution is 2.31. The zero-order chi connectivity index (χ0) is 20.8. The minimum absolute atomic E-state index is 0.177. The Bertz CT molecular complexity index is 936. The third kappa shape index (κ3) is 5.46. The average molecular weight is 431 g/mol. The summed E-state index contributed by atoms with van der Waals surface area (Å²) in [6.45, 7) is 1.80. The molecule has 0 aliphatic carbocycles. The molecule has 1 aliphatic heterocycles. The molecule has 30 heavy (non-hydrogen) atoms. The van der Waals surface area contributed by atoms with Crippen LogP contribution in [0.15, 0.2) is 67.3 Å². The number of aryl methyl sites for hydroxylation is 1. The molecule has 3 aromatic rings. The van der Waals surface area contributed by atoms with E-state index in [1.54, 1.807) is 24.7 Å². The van der Waals surface area contributed by atoms with Crippen molar-refractivity contribution in [1.29, 1.82) is 0 Å². The van der Waals surface area contributed by atoms with E-state index < -0.39 is 5.79 Å². The van der Waals surface area contributed by atoms with Crippen molar-refractivity contribution in [2.75, 3.05) is 13.2 Å². The Labute approximate surface area is 180 Å². The van der Waals surface area contributed by atoms with Crippen LogP contribution in [-0.4, -0.2) is 34.7 Å². The van der Waals surface area contributed by atoms with Crippen LogP contribution in [0.2, 0.25) is 5.02 Å². The summed E-state index contributed by atoms with van der Waals surface area (Å²) in [5.41, 5.74) is 1.98. The Kier molecular flexibility index (Phi) is 6.79. The van der Waals surface area contributed by atoms with E-state index in [1.807, 2.05) is 35.0 Å². The van der Waals surface area contributed by atoms with Crippen LogP contribution in [0.5, 0.6) is 0 Å². The van der Waals surface area contributed by atoms with Gasteiger partial charge in [0.15, 0.2) is 5.79 Å². The molecule has 1 fully saturated rings. The van der Waals surface area contributed by atoms with Gasteiger partial charge in [-0.1, -0.05) is 41.9 Å². The second-order valence-corrected chi connectivity index (χ2v) is 7.84. The zero-order valence-corrected chi connectivity index (χ0v) is 17.3. The number of hydrogen-bond donors (Lipinski definition) is 0. The molecule has 0 spiro atoms. The van der Waals surface area contributed by atoms with Crippen molar-refractivity contribution in [2.24, 2.45) is 0 Å². The summed E-state index contributed by atoms with van der Waals surface area (Å²) in [7, 11) is 0. The number of ether oxygens (including phenoxy) is 3. The van der Waals surface area contributed by atoms with E-state index in [1.165, 1.54) is 12.1 Å². The summed E-state index contributed by atoms with van der Waals surface area (Å²) < 4.78 is 33.5. The van der Waals surface area contributed by atoms with E-state index in [0.717, 1.165) is 11.1 Å². The number of benzene rings is 2. The van der Waals surface area contributed by atoms with Gasteiger partial charge in [-0.15, -0.1) is 0 Å². The number of hydrogen-bond acceptors (Lipinski definition) is 4. The summed E-state index contributed by atoms with van der Waals surface area (Å²) >= 11 is 6.19. The Morgan fingerprint density at radius 1 is 1.20 bits per heavy atom. The van der Waals surface area contributed by atoms with Gasteiger partial charge in [0.1, 0.15) is 11.9 Å². The normalized spacial score (nSPS) is 21.2. The first-order valence-corrected chi connectivity index (χ1v) is 10.3. The van der Waals surface area contributed by atoms with Crippen molar-refractivity contribution in [2.45, 2.75) is 37.9 Å². The third-order valence-electron chi connectivity index (χ3n) is 5.12. The van der Waals surface area contributed by atoms with E-state index in [9.17, 15) is 4.39 Å². The largest absolute Gasteiger partial charge is 0.374 e. The number of aromatic nitrogens is 2. The van der Waals surface area contributed by atoms with Gasteiger partial charge >= 0.3 is 0 Å². The maximum Gasteiger partial charge on any atom is 0.187 e. The summed E-state index contributed by atoms with van der Waals surface area (Å²) in [5, 5.41) is 0.690. The van der Waals surface area contributed by atoms with Crippen LogP contribution in [0.4, 0.5) is 4.39 Å². The Morgan fingerprint density at radius 3 is 2.80 bits per heavy atom. The Hall–Kier alpha value is -2.25. The monoisotopic (exact) mass is 430 g/mol. The molecule has 2 unspecified atom stereocenters. The number of halogens is 2. The molecule has 0 radical (unpaired) electrons. The molecule has 1 aromatic heterocycles. The van der Waals surface area contributed by atoms with Crippen LogP contribution in [-0.2, 0) is 33.8 Å². The minimum atomic E-state index is -0.784. The number of rotatable bonds is 9. The molecular formula is C23H24ClFN2O3. The van der Waals surface area contributed by atoms with Crippen molar-refractivity contribution >= 4 is 11.6 Å². The van der Waals surface area contributed by atoms with E-state index in [4.69, 9.17) is 25.8 Å². The van der Waals surface area contributed by atoms with Gasteiger partial charge in [0.2, 0.25) is 0 Å². The molecule has 2 aromatic carbocycles. The Morgan fingerprint density at radius 2 is 2.03 bits per heavy atom. The Balaban J connectivity index is 1.36. The molecule has 7 heteroatoms. The summed E-state index contributed by atoms with van der Waals surface area (Å²) in [6, 6.07) is 14.1. The van der Waals surface area contributed by atoms with Gasteiger partial charge in [0.05, 0.1) is 32.7 Å². The molecule has 4 rings (SSSR count). The maximum atomic E-state index is 13.2. The quantitative estimate of drug-likeness (QED) is 0.496. The van der Waals surface area contributed by atoms with Crippen LogP contribution in [0.1, 0.15) is 17.5 Å². The van der Waals surface area contributed by atoms with E-state index >= 15 is 0 Å². The van der Waals surface area contributed by atoms with E-state index in [2.05, 4.69) is 4.98 Å². The van der Waals surface area contributed by atoms with Crippen LogP contribution in [0.25, 0.3) is 0 Å². The number of imidazole rings is 1. The smallest absolute Gasteiger partial charge is 0.187 e. The molecule has 2 heterocycles. The van der Waals surface area contributed by atoms with Crippen molar-refractivity contribution < 1.29 is 18.6 Å². The van der Waals surface area contributed by atoms with Gasteiger partial charge in [0, 0.05) is 23.8 Å². The highest BCUT2D eigenvalue weighted by molar-refractivity contribution is 6.31. The van der Waals surface area contributed by atoms with Gasteiger partial charge in [-0.2, -0.15) is 0 Å². The molecule has 0 bridgehead atoms. The van der Waals surface area contributed by atoms with Gasteiger partial charge < -0.3 is 18.8 Å². The van der Waals surface area contributed by atoms with Gasteiger partial charge in [-0.25, -0.2) is 9.37 Å². The first-order chi connectivity index (χ1) is 14.6. The van der Waals surface area contributed by atoms with Crippen molar-refractivity contribution in [3.8, 4) is 0 Å². The summed E-state index contributed by atoms with van der Waals surface area (Å²) in [4.78, 5) is 4.11. The minimum Gasteiger partial charge on any atom is -0.374 e. The van der Waals surface area contributed by atoms with Crippen molar-refractivity contribution in [3.63, 3.8) is 0 Å². The van der Waals surface area contributed by atoms with Crippen molar-refractivity contribution in [3.05, 3.63) is 89.2 Å². The summed E-state index contributed by atoms with van der Waals surface area (Å²) in [5.74, 6) is -1.02. The van der Waals surface area contributed by atoms with E-state index in [-0.39, 0.29) is 11.9 Å². The first kappa shape index (κ1) is 21.0. The lowest BCUT2D eigenvalue weighted by atomic mass is 10.0. The lowest BCUT2D eigenvalue weighted by Gasteiger charge is -2.28. The molecule has 0 N–H and O–H groups in total. The van der Waals surface area contributed by atoms with Crippen molar-refractivity contribution in [1.82, 2.24) is 9.55 Å². The second kappa shape index (κ2) is 9.71. The average Bonchev–Trinajstić information content (AvgIpc) is 3.40. The van der Waals surface area contributed by atoms with Crippen LogP contribution in [0, 0.1) is 5.82 Å². The predicted molar refractivity (Wildman–Crippen MR) is 112 cm³/mol. The lowest BCUT2D eigenvalue weighted by Crippen LogP contribution is -2.37. The van der Waals surface area contributed by atoms with Crippen LogP contribution < -0.4 is 0 Å². The third-order valence-corrected chi connectivity index (χ3v) is 5.49. The molecule has 5 nitrogen and oxygen atoms in total. The molecular weight excluding hydrogens is 407 g/mol. The molecule has 0 saturated carbocycles. The van der Waals surface area contributed by atoms with Crippen LogP contribution >= 0.6 is 11.6 Å². The molecule has 158 valence electrons. The SMILES string of the molecule is Fc1ccc(CCC2(Cn3ccnc3)OCC(COCc3ccccc3Cl)O2)cc1. The van der Waals surface area contributed by atoms with Crippen LogP contribution in [0.3, 0.4) is 0 Å². The fourth-order valence-corrected chi connectivity index (χ4v) is 3.74. The highest BCUT2D eigenvalue weighted by atomic mass is 35.5. The molecule has 0 amide bonds. The van der Waals surface area contributed by atoms with Gasteiger partial charge in [-0.3, -0.25) is 0 Å². The zero-order valence-electron chi connectivity index (χ0n) is 16.5. The molecule has 2 atom stereocenters. The fraction of sp³-hybridized carbons (Fsp3) is 0.348. The molecule has 1 aliphatic rings. The fourth-order valence-electron chi connectivity index (χ4n) is 3.55. The predicted octanol–water partition coefficient (Wildman–Crippen LogP) is 4.64. The topological polar surface area (TPSA) is 45.5 Å². The van der Waals surface area contributed by atoms with Gasteiger partial charge in [0.25, 0.3) is 0 Å². The van der Waals surface area contributed by atoms with Gasteiger partial charge in [-0.05, 0) is 35.7 Å². The lowest BCUT2D eigenvalue weighted by molar-refractivity contribution is -0.187. The second-order valence-electron chi connectivity index (χ2n) is 7.43. The standard InChI is InChI=1S/C23H24ClFN2O3/c24-22-4-2-1-3-19(22)13-28-14-21-15-29-23(30-21,16-27-12-11-26-17-27)10-9-18-5-7-20(25)8-6-18/h1-8,11-12,17,21H,9-10,13-16H2. The summed E-state index contributed by atoms with van der Waals surface area (Å²) in [6.07, 6.45) is 6.53. The highest BCUT2D eigenvalue weighted by Gasteiger charge is 2.41.